The number of amides is 2. The Morgan fingerprint density at radius 1 is 0.940 bits per heavy atom. The second-order valence-corrected chi connectivity index (χ2v) is 15.0. The number of ether oxygens (including phenoxy) is 3. The van der Waals surface area contributed by atoms with E-state index in [1.54, 1.807) is 51.3 Å². The lowest BCUT2D eigenvalue weighted by Gasteiger charge is -2.42. The summed E-state index contributed by atoms with van der Waals surface area (Å²) in [4.78, 5) is 45.7. The van der Waals surface area contributed by atoms with Crippen molar-refractivity contribution >= 4 is 55.6 Å². The second-order valence-electron chi connectivity index (χ2n) is 14.0. The minimum absolute atomic E-state index is 0.00855. The number of pyridine rings is 1. The Bertz CT molecular complexity index is 1960. The van der Waals surface area contributed by atoms with Crippen LogP contribution in [0, 0.1) is 11.6 Å². The Hall–Kier alpha value is -4.61. The maximum Gasteiger partial charge on any atom is 0.422 e. The summed E-state index contributed by atoms with van der Waals surface area (Å²) < 4.78 is 86.7. The number of benzene rings is 1. The van der Waals surface area contributed by atoms with Crippen molar-refractivity contribution in [2.75, 3.05) is 29.9 Å². The Labute approximate surface area is 286 Å². The van der Waals surface area contributed by atoms with Crippen molar-refractivity contribution in [3.8, 4) is 17.3 Å². The van der Waals surface area contributed by atoms with Crippen molar-refractivity contribution in [2.45, 2.75) is 83.8 Å². The number of carbonyl (C=O) groups is 2. The van der Waals surface area contributed by atoms with E-state index < -0.39 is 53.8 Å². The molecule has 268 valence electrons. The second kappa shape index (κ2) is 12.6. The molecular weight excluding hydrogens is 689 g/mol. The third-order valence-electron chi connectivity index (χ3n) is 7.75. The predicted octanol–water partition coefficient (Wildman–Crippen LogP) is 7.46. The molecule has 50 heavy (non-hydrogen) atoms. The highest BCUT2D eigenvalue weighted by atomic mass is 32.1. The zero-order chi connectivity index (χ0) is 36.3. The van der Waals surface area contributed by atoms with Gasteiger partial charge in [-0.3, -0.25) is 15.2 Å². The van der Waals surface area contributed by atoms with E-state index in [4.69, 9.17) is 14.2 Å². The van der Waals surface area contributed by atoms with Crippen molar-refractivity contribution in [2.24, 2.45) is 0 Å². The number of piperazine rings is 1. The molecule has 18 heteroatoms. The van der Waals surface area contributed by atoms with Gasteiger partial charge in [-0.05, 0) is 66.5 Å². The topological polar surface area (TPSA) is 132 Å². The normalized spacial score (nSPS) is 18.1. The van der Waals surface area contributed by atoms with Gasteiger partial charge >= 0.3 is 24.4 Å². The molecule has 2 atom stereocenters. The van der Waals surface area contributed by atoms with E-state index in [2.05, 4.69) is 25.3 Å². The molecule has 2 amide bonds. The number of anilines is 2. The van der Waals surface area contributed by atoms with Crippen LogP contribution in [0.1, 0.15) is 54.4 Å². The van der Waals surface area contributed by atoms with Gasteiger partial charge in [0.05, 0.1) is 27.7 Å². The fraction of sp³-hybridized carbons (Fsp3) is 0.500. The molecule has 4 aromatic rings. The molecule has 2 fully saturated rings. The first-order valence-corrected chi connectivity index (χ1v) is 16.5. The Morgan fingerprint density at radius 2 is 1.60 bits per heavy atom. The molecule has 3 aromatic heterocycles. The highest BCUT2D eigenvalue weighted by Crippen LogP contribution is 2.40. The summed E-state index contributed by atoms with van der Waals surface area (Å²) in [5.74, 6) is -1.65. The molecule has 1 aromatic carbocycles. The van der Waals surface area contributed by atoms with Gasteiger partial charge < -0.3 is 19.1 Å². The molecule has 0 aliphatic carbocycles. The van der Waals surface area contributed by atoms with Crippen LogP contribution in [0.25, 0.3) is 32.4 Å². The number of thiazole rings is 1. The Balaban J connectivity index is 1.40. The lowest BCUT2D eigenvalue weighted by molar-refractivity contribution is -0.154. The van der Waals surface area contributed by atoms with E-state index in [0.717, 1.165) is 17.4 Å². The molecule has 2 aliphatic rings. The maximum absolute atomic E-state index is 16.6. The lowest BCUT2D eigenvalue weighted by atomic mass is 10.1. The average Bonchev–Trinajstić information content (AvgIpc) is 3.52. The van der Waals surface area contributed by atoms with Crippen LogP contribution in [0.4, 0.5) is 42.5 Å². The zero-order valence-electron chi connectivity index (χ0n) is 27.9. The number of carbonyl (C=O) groups excluding carboxylic acids is 2. The molecule has 0 saturated carbocycles. The summed E-state index contributed by atoms with van der Waals surface area (Å²) in [6.45, 7) is 9.03. The molecule has 0 radical (unpaired) electrons. The van der Waals surface area contributed by atoms with Crippen molar-refractivity contribution in [3.63, 3.8) is 0 Å². The first-order chi connectivity index (χ1) is 23.3. The number of rotatable bonds is 5. The van der Waals surface area contributed by atoms with Gasteiger partial charge in [-0.15, -0.1) is 0 Å². The van der Waals surface area contributed by atoms with Crippen LogP contribution in [0.5, 0.6) is 6.01 Å². The van der Waals surface area contributed by atoms with Gasteiger partial charge in [0, 0.05) is 24.8 Å². The monoisotopic (exact) mass is 723 g/mol. The van der Waals surface area contributed by atoms with Crippen molar-refractivity contribution in [1.82, 2.24) is 24.8 Å². The minimum Gasteiger partial charge on any atom is -0.454 e. The van der Waals surface area contributed by atoms with Crippen LogP contribution >= 0.6 is 11.3 Å². The summed E-state index contributed by atoms with van der Waals surface area (Å²) in [6, 6.07) is 1.02. The number of hydrogen-bond acceptors (Lipinski definition) is 11. The van der Waals surface area contributed by atoms with Crippen LogP contribution in [-0.2, 0) is 9.47 Å². The van der Waals surface area contributed by atoms with Crippen molar-refractivity contribution in [1.29, 1.82) is 0 Å². The molecule has 2 saturated heterocycles. The summed E-state index contributed by atoms with van der Waals surface area (Å²) in [5.41, 5.74) is -2.23. The Morgan fingerprint density at radius 3 is 2.22 bits per heavy atom. The number of nitrogens with zero attached hydrogens (tertiary/aromatic N) is 6. The SMILES string of the molecule is CC(C)(C)OC(=O)Nc1nc2c(-c3ncc4c(N5C[C@H]6CC[C@@H](C5)N6C(=O)OC(C)(C)C)nc(OCC(F)(F)F)nc4c3F)ccc(F)c2s1. The van der Waals surface area contributed by atoms with Gasteiger partial charge in [-0.1, -0.05) is 11.3 Å². The quantitative estimate of drug-likeness (QED) is 0.207. The largest absolute Gasteiger partial charge is 0.454 e. The standard InChI is InChI=1S/C32H34F5N7O5S/c1-30(2,3)48-28(45)42-27-40-23-17(9-10-19(33)24(23)50-27)21-20(34)22-18(11-38-21)25(41-26(39-22)47-14-32(35,36)37)43-12-15-7-8-16(13-43)44(15)29(46)49-31(4,5)6/h9-11,15-16H,7-8,12-14H2,1-6H3,(H,40,42,45)/t15-,16+. The van der Waals surface area contributed by atoms with Crippen LogP contribution < -0.4 is 15.0 Å². The third kappa shape index (κ3) is 7.44. The van der Waals surface area contributed by atoms with Gasteiger partial charge in [0.25, 0.3) is 0 Å². The summed E-state index contributed by atoms with van der Waals surface area (Å²) >= 11 is 0.796. The molecule has 12 nitrogen and oxygen atoms in total. The van der Waals surface area contributed by atoms with E-state index in [1.165, 1.54) is 12.3 Å². The highest BCUT2D eigenvalue weighted by molar-refractivity contribution is 7.22. The average molecular weight is 724 g/mol. The first kappa shape index (κ1) is 35.2. The number of nitrogens with one attached hydrogen (secondary N) is 1. The number of aromatic nitrogens is 4. The zero-order valence-corrected chi connectivity index (χ0v) is 28.8. The van der Waals surface area contributed by atoms with Gasteiger partial charge in [0.2, 0.25) is 0 Å². The molecule has 0 spiro atoms. The van der Waals surface area contributed by atoms with Gasteiger partial charge in [0.1, 0.15) is 34.0 Å². The fourth-order valence-electron chi connectivity index (χ4n) is 5.96. The third-order valence-corrected chi connectivity index (χ3v) is 8.73. The van der Waals surface area contributed by atoms with Crippen molar-refractivity contribution < 1.29 is 45.8 Å². The summed E-state index contributed by atoms with van der Waals surface area (Å²) in [6.07, 6.45) is -3.45. The number of hydrogen-bond donors (Lipinski definition) is 1. The van der Waals surface area contributed by atoms with E-state index in [1.807, 2.05) is 0 Å². The molecular formula is C32H34F5N7O5S. The van der Waals surface area contributed by atoms with Crippen molar-refractivity contribution in [3.05, 3.63) is 30.0 Å². The summed E-state index contributed by atoms with van der Waals surface area (Å²) in [5, 5.41) is 2.51. The maximum atomic E-state index is 16.6. The smallest absolute Gasteiger partial charge is 0.422 e. The van der Waals surface area contributed by atoms with Crippen LogP contribution in [0.3, 0.4) is 0 Å². The van der Waals surface area contributed by atoms with E-state index >= 15 is 4.39 Å². The van der Waals surface area contributed by atoms with E-state index in [9.17, 15) is 27.2 Å². The van der Waals surface area contributed by atoms with E-state index in [-0.39, 0.29) is 68.5 Å². The van der Waals surface area contributed by atoms with E-state index in [0.29, 0.717) is 12.8 Å². The van der Waals surface area contributed by atoms with Crippen LogP contribution in [-0.4, -0.2) is 86.2 Å². The van der Waals surface area contributed by atoms with Gasteiger partial charge in [-0.25, -0.2) is 23.4 Å². The molecule has 2 aliphatic heterocycles. The first-order valence-electron chi connectivity index (χ1n) is 15.7. The molecule has 1 N–H and O–H groups in total. The molecule has 2 bridgehead atoms. The molecule has 0 unspecified atom stereocenters. The van der Waals surface area contributed by atoms with Gasteiger partial charge in [-0.2, -0.15) is 23.1 Å². The highest BCUT2D eigenvalue weighted by Gasteiger charge is 2.45. The predicted molar refractivity (Wildman–Crippen MR) is 174 cm³/mol. The Kier molecular flexibility index (Phi) is 8.89. The van der Waals surface area contributed by atoms with Crippen LogP contribution in [0.15, 0.2) is 18.3 Å². The van der Waals surface area contributed by atoms with Gasteiger partial charge in [0.15, 0.2) is 17.6 Å². The molecule has 5 heterocycles. The number of fused-ring (bicyclic) bond motifs is 4. The van der Waals surface area contributed by atoms with Crippen LogP contribution in [0.2, 0.25) is 0 Å². The summed E-state index contributed by atoms with van der Waals surface area (Å²) in [7, 11) is 0. The lowest BCUT2D eigenvalue weighted by Crippen LogP contribution is -2.57. The minimum atomic E-state index is -4.73. The molecule has 6 rings (SSSR count). The number of alkyl halides is 3. The number of halogens is 5. The fourth-order valence-corrected chi connectivity index (χ4v) is 6.84.